The highest BCUT2D eigenvalue weighted by atomic mass is 14.4. The first-order valence-electron chi connectivity index (χ1n) is 6.68. The fourth-order valence-electron chi connectivity index (χ4n) is 3.58. The van der Waals surface area contributed by atoms with E-state index in [9.17, 15) is 0 Å². The molecule has 0 heteroatoms. The molecule has 3 aliphatic rings. The lowest BCUT2D eigenvalue weighted by molar-refractivity contribution is 0.0534. The summed E-state index contributed by atoms with van der Waals surface area (Å²) in [5.41, 5.74) is 0.753. The van der Waals surface area contributed by atoms with Crippen molar-refractivity contribution in [3.8, 4) is 0 Å². The van der Waals surface area contributed by atoms with Crippen molar-refractivity contribution in [1.82, 2.24) is 0 Å². The highest BCUT2D eigenvalue weighted by Crippen LogP contribution is 2.51. The third-order valence-electron chi connectivity index (χ3n) is 4.61. The van der Waals surface area contributed by atoms with Crippen LogP contribution in [-0.4, -0.2) is 0 Å². The molecule has 0 heterocycles. The van der Waals surface area contributed by atoms with E-state index >= 15 is 0 Å². The van der Waals surface area contributed by atoms with Gasteiger partial charge in [-0.3, -0.25) is 0 Å². The zero-order valence-electron chi connectivity index (χ0n) is 10.0. The average molecular weight is 194 g/mol. The molecule has 3 fully saturated rings. The lowest BCUT2D eigenvalue weighted by Crippen LogP contribution is -2.34. The fourth-order valence-corrected chi connectivity index (χ4v) is 3.58. The van der Waals surface area contributed by atoms with Gasteiger partial charge in [-0.25, -0.2) is 0 Å². The summed E-state index contributed by atoms with van der Waals surface area (Å²) in [6.45, 7) is 4.98. The van der Waals surface area contributed by atoms with Crippen molar-refractivity contribution in [3.63, 3.8) is 0 Å². The van der Waals surface area contributed by atoms with Crippen LogP contribution >= 0.6 is 0 Å². The van der Waals surface area contributed by atoms with Gasteiger partial charge in [0.05, 0.1) is 0 Å². The van der Waals surface area contributed by atoms with E-state index in [4.69, 9.17) is 0 Å². The van der Waals surface area contributed by atoms with Crippen molar-refractivity contribution in [3.05, 3.63) is 0 Å². The van der Waals surface area contributed by atoms with Gasteiger partial charge in [-0.1, -0.05) is 52.4 Å². The Bertz CT molecular complexity index is 176. The minimum absolute atomic E-state index is 0.753. The zero-order chi connectivity index (χ0) is 10.0. The van der Waals surface area contributed by atoms with Crippen molar-refractivity contribution >= 4 is 0 Å². The van der Waals surface area contributed by atoms with Crippen molar-refractivity contribution in [2.24, 2.45) is 17.3 Å². The Balaban J connectivity index is 1.86. The molecular formula is C14H26. The summed E-state index contributed by atoms with van der Waals surface area (Å²) in [5, 5.41) is 0. The minimum atomic E-state index is 0.753. The van der Waals surface area contributed by atoms with Crippen molar-refractivity contribution < 1.29 is 0 Å². The van der Waals surface area contributed by atoms with Crippen molar-refractivity contribution in [2.75, 3.05) is 0 Å². The lowest BCUT2D eigenvalue weighted by atomic mass is 9.59. The van der Waals surface area contributed by atoms with Crippen LogP contribution in [0.4, 0.5) is 0 Å². The molecule has 0 aliphatic heterocycles. The molecule has 0 aromatic heterocycles. The second-order valence-corrected chi connectivity index (χ2v) is 6.37. The van der Waals surface area contributed by atoms with Crippen LogP contribution in [0.5, 0.6) is 0 Å². The molecule has 0 aromatic carbocycles. The molecule has 1 atom stereocenters. The molecule has 1 unspecified atom stereocenters. The predicted molar refractivity (Wildman–Crippen MR) is 62.3 cm³/mol. The standard InChI is InChI=1S/C14H26/c1-12-6-4-3-5-7-13-10-14(2,11-13)9-8-12/h12-13H,3-11H2,1-2H3. The summed E-state index contributed by atoms with van der Waals surface area (Å²) in [4.78, 5) is 0. The monoisotopic (exact) mass is 194 g/mol. The Morgan fingerprint density at radius 3 is 2.43 bits per heavy atom. The van der Waals surface area contributed by atoms with Crippen LogP contribution in [0.1, 0.15) is 71.6 Å². The summed E-state index contributed by atoms with van der Waals surface area (Å²) in [7, 11) is 0. The zero-order valence-corrected chi connectivity index (χ0v) is 10.0. The first-order valence-corrected chi connectivity index (χ1v) is 6.68. The molecule has 0 nitrogen and oxygen atoms in total. The van der Waals surface area contributed by atoms with Crippen LogP contribution in [0.25, 0.3) is 0 Å². The van der Waals surface area contributed by atoms with Gasteiger partial charge in [0, 0.05) is 0 Å². The average Bonchev–Trinajstić information content (AvgIpc) is 2.14. The molecule has 2 bridgehead atoms. The number of hydrogen-bond donors (Lipinski definition) is 0. The first-order chi connectivity index (χ1) is 6.68. The van der Waals surface area contributed by atoms with Gasteiger partial charge in [0.15, 0.2) is 0 Å². The summed E-state index contributed by atoms with van der Waals surface area (Å²) < 4.78 is 0. The highest BCUT2D eigenvalue weighted by Gasteiger charge is 2.39. The molecule has 3 saturated carbocycles. The number of rotatable bonds is 0. The third kappa shape index (κ3) is 2.52. The van der Waals surface area contributed by atoms with Gasteiger partial charge in [-0.2, -0.15) is 0 Å². The van der Waals surface area contributed by atoms with Crippen LogP contribution in [0.15, 0.2) is 0 Å². The maximum Gasteiger partial charge on any atom is -0.0320 e. The van der Waals surface area contributed by atoms with Crippen LogP contribution in [0.3, 0.4) is 0 Å². The molecule has 3 rings (SSSR count). The van der Waals surface area contributed by atoms with Gasteiger partial charge in [0.1, 0.15) is 0 Å². The molecule has 0 saturated heterocycles. The second-order valence-electron chi connectivity index (χ2n) is 6.37. The minimum Gasteiger partial charge on any atom is -0.0625 e. The number of hydrogen-bond acceptors (Lipinski definition) is 0. The maximum absolute atomic E-state index is 2.52. The molecule has 0 amide bonds. The van der Waals surface area contributed by atoms with E-state index in [1.807, 2.05) is 0 Å². The van der Waals surface area contributed by atoms with E-state index in [0.717, 1.165) is 17.3 Å². The molecule has 0 aromatic rings. The van der Waals surface area contributed by atoms with Crippen molar-refractivity contribution in [2.45, 2.75) is 71.6 Å². The molecular weight excluding hydrogens is 168 g/mol. The Hall–Kier alpha value is 0. The predicted octanol–water partition coefficient (Wildman–Crippen LogP) is 4.78. The maximum atomic E-state index is 2.52. The topological polar surface area (TPSA) is 0 Å². The molecule has 0 N–H and O–H groups in total. The Morgan fingerprint density at radius 1 is 0.929 bits per heavy atom. The van der Waals surface area contributed by atoms with Gasteiger partial charge >= 0.3 is 0 Å². The Kier molecular flexibility index (Phi) is 3.19. The van der Waals surface area contributed by atoms with Gasteiger partial charge in [0.2, 0.25) is 0 Å². The summed E-state index contributed by atoms with van der Waals surface area (Å²) in [6, 6.07) is 0. The van der Waals surface area contributed by atoms with Crippen LogP contribution < -0.4 is 0 Å². The third-order valence-corrected chi connectivity index (χ3v) is 4.61. The molecule has 0 spiro atoms. The van der Waals surface area contributed by atoms with Gasteiger partial charge in [0.25, 0.3) is 0 Å². The smallest absolute Gasteiger partial charge is 0.0320 e. The van der Waals surface area contributed by atoms with Crippen molar-refractivity contribution in [1.29, 1.82) is 0 Å². The van der Waals surface area contributed by atoms with E-state index in [0.29, 0.717) is 0 Å². The first kappa shape index (κ1) is 10.5. The molecule has 14 heavy (non-hydrogen) atoms. The second kappa shape index (κ2) is 4.24. The summed E-state index contributed by atoms with van der Waals surface area (Å²) >= 11 is 0. The Morgan fingerprint density at radius 2 is 1.64 bits per heavy atom. The van der Waals surface area contributed by atoms with Crippen LogP contribution in [-0.2, 0) is 0 Å². The van der Waals surface area contributed by atoms with Gasteiger partial charge in [-0.15, -0.1) is 0 Å². The summed E-state index contributed by atoms with van der Waals surface area (Å²) in [6.07, 6.45) is 13.6. The van der Waals surface area contributed by atoms with Gasteiger partial charge in [-0.05, 0) is 36.5 Å². The lowest BCUT2D eigenvalue weighted by Gasteiger charge is -2.46. The molecule has 82 valence electrons. The van der Waals surface area contributed by atoms with E-state index in [1.165, 1.54) is 44.9 Å². The Labute approximate surface area is 89.5 Å². The van der Waals surface area contributed by atoms with Crippen LogP contribution in [0.2, 0.25) is 0 Å². The molecule has 3 aliphatic carbocycles. The van der Waals surface area contributed by atoms with E-state index in [2.05, 4.69) is 13.8 Å². The van der Waals surface area contributed by atoms with Gasteiger partial charge < -0.3 is 0 Å². The SMILES string of the molecule is CC1CCCCCC2CC(C)(CC1)C2. The quantitative estimate of drug-likeness (QED) is 0.520. The molecule has 0 radical (unpaired) electrons. The highest BCUT2D eigenvalue weighted by molar-refractivity contribution is 4.90. The summed E-state index contributed by atoms with van der Waals surface area (Å²) in [5.74, 6) is 2.09. The van der Waals surface area contributed by atoms with E-state index in [-0.39, 0.29) is 0 Å². The largest absolute Gasteiger partial charge is 0.0625 e. The normalized spacial score (nSPS) is 45.0. The fraction of sp³-hybridized carbons (Fsp3) is 1.00. The van der Waals surface area contributed by atoms with Crippen LogP contribution in [0, 0.1) is 17.3 Å². The van der Waals surface area contributed by atoms with E-state index in [1.54, 1.807) is 12.8 Å². The van der Waals surface area contributed by atoms with E-state index < -0.39 is 0 Å². The number of fused-ring (bicyclic) bond motifs is 7.